The fraction of sp³-hybridized carbons (Fsp3) is 0.600. The first kappa shape index (κ1) is 21.6. The van der Waals surface area contributed by atoms with Gasteiger partial charge in [0.25, 0.3) is 0 Å². The van der Waals surface area contributed by atoms with Crippen molar-refractivity contribution in [2.75, 3.05) is 28.2 Å². The molecule has 6 heteroatoms. The average Bonchev–Trinajstić information content (AvgIpc) is 2.33. The smallest absolute Gasteiger partial charge is 1.00 e. The molecule has 1 rings (SSSR count). The molecule has 0 unspecified atom stereocenters. The molecule has 0 bridgehead atoms. The third-order valence-corrected chi connectivity index (χ3v) is 1.71. The van der Waals surface area contributed by atoms with Crippen LogP contribution in [0.2, 0.25) is 0 Å². The molecule has 0 atom stereocenters. The molecule has 90 valence electrons. The van der Waals surface area contributed by atoms with Crippen molar-refractivity contribution in [3.05, 3.63) is 23.5 Å². The van der Waals surface area contributed by atoms with Crippen LogP contribution in [-0.2, 0) is 13.1 Å². The Morgan fingerprint density at radius 3 is 1.44 bits per heavy atom. The number of nitrogens with zero attached hydrogens (tertiary/aromatic N) is 3. The number of halogens is 2. The second kappa shape index (κ2) is 10.5. The van der Waals surface area contributed by atoms with Gasteiger partial charge in [0.05, 0.1) is 0 Å². The first-order valence-corrected chi connectivity index (χ1v) is 4.49. The largest absolute Gasteiger partial charge is 3.00 e. The molecule has 1 aromatic rings. The van der Waals surface area contributed by atoms with Crippen LogP contribution in [-0.4, -0.2) is 55.4 Å². The van der Waals surface area contributed by atoms with E-state index in [0.717, 1.165) is 24.5 Å². The van der Waals surface area contributed by atoms with Gasteiger partial charge in [0, 0.05) is 13.1 Å². The van der Waals surface area contributed by atoms with Gasteiger partial charge in [0.1, 0.15) is 0 Å². The number of hydrogen-bond acceptors (Lipinski definition) is 2. The zero-order valence-corrected chi connectivity index (χ0v) is 12.9. The van der Waals surface area contributed by atoms with Crippen LogP contribution in [0.5, 0.6) is 0 Å². The maximum Gasteiger partial charge on any atom is 3.00 e. The van der Waals surface area contributed by atoms with Crippen LogP contribution in [0.3, 0.4) is 0 Å². The molecular weight excluding hydrogens is 260 g/mol. The van der Waals surface area contributed by atoms with E-state index in [1.54, 1.807) is 0 Å². The maximum atomic E-state index is 4.51. The van der Waals surface area contributed by atoms with Crippen LogP contribution in [0, 0.1) is 0 Å². The molecule has 0 aliphatic rings. The van der Waals surface area contributed by atoms with Crippen molar-refractivity contribution in [2.45, 2.75) is 13.1 Å². The predicted octanol–water partition coefficient (Wildman–Crippen LogP) is -5.61. The molecule has 1 heterocycles. The quantitative estimate of drug-likeness (QED) is 0.512. The third-order valence-electron chi connectivity index (χ3n) is 1.71. The van der Waals surface area contributed by atoms with Gasteiger partial charge in [-0.1, -0.05) is 12.1 Å². The molecule has 0 amide bonds. The molecular formula is C10H18AlCl2N3. The van der Waals surface area contributed by atoms with Gasteiger partial charge in [-0.05, 0) is 28.2 Å². The Kier molecular flexibility index (Phi) is 14.1. The van der Waals surface area contributed by atoms with Crippen molar-refractivity contribution in [1.82, 2.24) is 14.8 Å². The summed E-state index contributed by atoms with van der Waals surface area (Å²) < 4.78 is 0. The molecule has 0 N–H and O–H groups in total. The second-order valence-electron chi connectivity index (χ2n) is 3.90. The summed E-state index contributed by atoms with van der Waals surface area (Å²) in [6.45, 7) is 1.85. The van der Waals surface area contributed by atoms with E-state index in [4.69, 9.17) is 0 Å². The van der Waals surface area contributed by atoms with Gasteiger partial charge in [-0.3, -0.25) is 0 Å². The molecule has 0 fully saturated rings. The Morgan fingerprint density at radius 2 is 1.19 bits per heavy atom. The van der Waals surface area contributed by atoms with Crippen molar-refractivity contribution in [3.63, 3.8) is 0 Å². The first-order valence-electron chi connectivity index (χ1n) is 4.49. The minimum atomic E-state index is 0. The number of rotatable bonds is 4. The fourth-order valence-electron chi connectivity index (χ4n) is 1.28. The zero-order valence-electron chi connectivity index (χ0n) is 10.2. The van der Waals surface area contributed by atoms with Crippen LogP contribution in [0.25, 0.3) is 0 Å². The fourth-order valence-corrected chi connectivity index (χ4v) is 1.28. The molecule has 16 heavy (non-hydrogen) atoms. The van der Waals surface area contributed by atoms with Gasteiger partial charge in [-0.25, -0.2) is 0 Å². The van der Waals surface area contributed by atoms with Gasteiger partial charge in [-0.15, -0.1) is 11.4 Å². The molecule has 0 aliphatic heterocycles. The van der Waals surface area contributed by atoms with E-state index in [2.05, 4.69) is 55.1 Å². The Labute approximate surface area is 122 Å². The van der Waals surface area contributed by atoms with Gasteiger partial charge >= 0.3 is 17.4 Å². The van der Waals surface area contributed by atoms with E-state index in [-0.39, 0.29) is 42.2 Å². The van der Waals surface area contributed by atoms with E-state index in [0.29, 0.717) is 0 Å². The Balaban J connectivity index is -0.000000563. The summed E-state index contributed by atoms with van der Waals surface area (Å²) in [4.78, 5) is 8.76. The molecule has 0 saturated carbocycles. The topological polar surface area (TPSA) is 20.6 Å². The van der Waals surface area contributed by atoms with Crippen molar-refractivity contribution in [2.24, 2.45) is 0 Å². The molecule has 0 spiro atoms. The average molecular weight is 278 g/mol. The summed E-state index contributed by atoms with van der Waals surface area (Å²) in [6.07, 6.45) is 0. The summed E-state index contributed by atoms with van der Waals surface area (Å²) in [5, 5.41) is 0. The van der Waals surface area contributed by atoms with E-state index >= 15 is 0 Å². The summed E-state index contributed by atoms with van der Waals surface area (Å²) in [5.41, 5.74) is 2.31. The van der Waals surface area contributed by atoms with Gasteiger partial charge < -0.3 is 39.6 Å². The number of aromatic nitrogens is 1. The van der Waals surface area contributed by atoms with Crippen LogP contribution >= 0.6 is 0 Å². The second-order valence-corrected chi connectivity index (χ2v) is 3.90. The van der Waals surface area contributed by atoms with Crippen molar-refractivity contribution in [3.8, 4) is 0 Å². The Bertz CT molecular complexity index is 240. The third kappa shape index (κ3) is 8.46. The van der Waals surface area contributed by atoms with Gasteiger partial charge in [-0.2, -0.15) is 0 Å². The van der Waals surface area contributed by atoms with E-state index in [1.807, 2.05) is 0 Å². The van der Waals surface area contributed by atoms with Crippen LogP contribution in [0.15, 0.2) is 12.1 Å². The number of hydrogen-bond donors (Lipinski definition) is 0. The minimum absolute atomic E-state index is 0. The van der Waals surface area contributed by atoms with E-state index in [9.17, 15) is 0 Å². The molecule has 3 nitrogen and oxygen atoms in total. The minimum Gasteiger partial charge on any atom is -1.00 e. The monoisotopic (exact) mass is 277 g/mol. The van der Waals surface area contributed by atoms with Crippen LogP contribution in [0.1, 0.15) is 11.4 Å². The zero-order chi connectivity index (χ0) is 9.84. The molecule has 0 aromatic carbocycles. The maximum absolute atomic E-state index is 4.51. The molecule has 1 aromatic heterocycles. The standard InChI is InChI=1S/C10H18N3.Al.2ClH/c1-12(2)7-9-5-6-10(11-9)8-13(3)4;;;/h5-6H,7-8H2,1-4H3;;2*1H/q-1;+3;;/p-2. The SMILES string of the molecule is CN(C)Cc1ccc(CN(C)C)[n-]1.[Al+3].[Cl-].[Cl-]. The summed E-state index contributed by atoms with van der Waals surface area (Å²) in [7, 11) is 8.22. The molecule has 0 radical (unpaired) electrons. The molecule has 0 saturated heterocycles. The summed E-state index contributed by atoms with van der Waals surface area (Å²) >= 11 is 0. The van der Waals surface area contributed by atoms with E-state index < -0.39 is 0 Å². The van der Waals surface area contributed by atoms with Gasteiger partial charge in [0.15, 0.2) is 0 Å². The Morgan fingerprint density at radius 1 is 0.875 bits per heavy atom. The van der Waals surface area contributed by atoms with Crippen molar-refractivity contribution in [1.29, 1.82) is 0 Å². The van der Waals surface area contributed by atoms with Crippen LogP contribution in [0.4, 0.5) is 0 Å². The van der Waals surface area contributed by atoms with Crippen molar-refractivity contribution < 1.29 is 24.8 Å². The molecule has 0 aliphatic carbocycles. The Hall–Kier alpha value is 0.312. The summed E-state index contributed by atoms with van der Waals surface area (Å²) in [5.74, 6) is 0. The van der Waals surface area contributed by atoms with Crippen LogP contribution < -0.4 is 29.8 Å². The summed E-state index contributed by atoms with van der Waals surface area (Å²) in [6, 6.07) is 4.19. The first-order chi connectivity index (χ1) is 6.08. The van der Waals surface area contributed by atoms with Gasteiger partial charge in [0.2, 0.25) is 0 Å². The normalized spacial score (nSPS) is 9.38. The predicted molar refractivity (Wildman–Crippen MR) is 60.3 cm³/mol. The van der Waals surface area contributed by atoms with Crippen molar-refractivity contribution >= 4 is 17.4 Å². The van der Waals surface area contributed by atoms with E-state index in [1.165, 1.54) is 0 Å².